The summed E-state index contributed by atoms with van der Waals surface area (Å²) in [7, 11) is -2.67. The number of methoxy groups -OCH3 is 1. The number of carbonyl (C=O) groups is 1. The SMILES string of the molecule is COc1ccc2c(N3CC4(CC(N(CC(=O)CCC(O)C(F)(F)F)S(N)(=O)=O)C4)C3)cnnc2c1. The second kappa shape index (κ2) is 9.15. The molecule has 0 amide bonds. The van der Waals surface area contributed by atoms with Gasteiger partial charge in [-0.25, -0.2) is 5.14 Å². The van der Waals surface area contributed by atoms with Crippen LogP contribution in [0.25, 0.3) is 10.9 Å². The molecule has 10 nitrogen and oxygen atoms in total. The number of hydrogen-bond donors (Lipinski definition) is 2. The van der Waals surface area contributed by atoms with Gasteiger partial charge in [0.1, 0.15) is 17.6 Å². The van der Waals surface area contributed by atoms with Crippen molar-refractivity contribution in [2.45, 2.75) is 44.0 Å². The Balaban J connectivity index is 1.36. The number of benzene rings is 1. The third-order valence-corrected chi connectivity index (χ3v) is 7.78. The summed E-state index contributed by atoms with van der Waals surface area (Å²) in [5.74, 6) is -0.0697. The number of ketones is 1. The van der Waals surface area contributed by atoms with Crippen molar-refractivity contribution < 1.29 is 36.2 Å². The van der Waals surface area contributed by atoms with Gasteiger partial charge in [-0.3, -0.25) is 4.79 Å². The Hall–Kier alpha value is -2.55. The Bertz CT molecular complexity index is 1210. The van der Waals surface area contributed by atoms with Crippen molar-refractivity contribution in [3.05, 3.63) is 24.4 Å². The molecular weight excluding hydrogens is 491 g/mol. The fraction of sp³-hybridized carbons (Fsp3) is 0.571. The number of hydrogen-bond acceptors (Lipinski definition) is 8. The topological polar surface area (TPSA) is 139 Å². The van der Waals surface area contributed by atoms with E-state index in [-0.39, 0.29) is 5.41 Å². The van der Waals surface area contributed by atoms with Crippen LogP contribution in [0.5, 0.6) is 5.75 Å². The highest BCUT2D eigenvalue weighted by molar-refractivity contribution is 7.86. The van der Waals surface area contributed by atoms with Gasteiger partial charge in [0, 0.05) is 42.4 Å². The number of nitrogens with zero attached hydrogens (tertiary/aromatic N) is 4. The number of ether oxygens (including phenoxy) is 1. The minimum Gasteiger partial charge on any atom is -0.497 e. The van der Waals surface area contributed by atoms with Crippen LogP contribution in [0.1, 0.15) is 25.7 Å². The van der Waals surface area contributed by atoms with Gasteiger partial charge in [-0.15, -0.1) is 0 Å². The number of halogens is 3. The molecule has 2 heterocycles. The van der Waals surface area contributed by atoms with E-state index in [1.807, 2.05) is 12.1 Å². The van der Waals surface area contributed by atoms with Crippen molar-refractivity contribution in [3.63, 3.8) is 0 Å². The maximum Gasteiger partial charge on any atom is 0.414 e. The fourth-order valence-corrected chi connectivity index (χ4v) is 5.77. The van der Waals surface area contributed by atoms with Crippen LogP contribution < -0.4 is 14.8 Å². The average Bonchev–Trinajstić information content (AvgIpc) is 2.72. The molecule has 2 fully saturated rings. The molecule has 2 aromatic rings. The molecule has 1 aromatic heterocycles. The number of aliphatic hydroxyl groups excluding tert-OH is 1. The van der Waals surface area contributed by atoms with Gasteiger partial charge in [-0.05, 0) is 31.4 Å². The van der Waals surface area contributed by atoms with E-state index in [1.54, 1.807) is 19.4 Å². The van der Waals surface area contributed by atoms with Crippen molar-refractivity contribution in [2.75, 3.05) is 31.6 Å². The van der Waals surface area contributed by atoms with Crippen LogP contribution in [-0.2, 0) is 15.0 Å². The second-order valence-corrected chi connectivity index (χ2v) is 10.8. The van der Waals surface area contributed by atoms with Gasteiger partial charge in [0.25, 0.3) is 10.2 Å². The van der Waals surface area contributed by atoms with E-state index in [9.17, 15) is 26.4 Å². The molecule has 0 bridgehead atoms. The minimum atomic E-state index is -4.84. The molecule has 35 heavy (non-hydrogen) atoms. The van der Waals surface area contributed by atoms with E-state index in [2.05, 4.69) is 15.1 Å². The molecule has 1 atom stereocenters. The number of alkyl halides is 3. The Kier molecular flexibility index (Phi) is 6.68. The number of aromatic nitrogens is 2. The molecule has 192 valence electrons. The molecule has 14 heteroatoms. The normalized spacial score (nSPS) is 19.0. The predicted molar refractivity (Wildman–Crippen MR) is 120 cm³/mol. The van der Waals surface area contributed by atoms with E-state index in [1.165, 1.54) is 0 Å². The fourth-order valence-electron chi connectivity index (χ4n) is 4.88. The lowest BCUT2D eigenvalue weighted by Crippen LogP contribution is -2.68. The zero-order valence-corrected chi connectivity index (χ0v) is 19.7. The van der Waals surface area contributed by atoms with E-state index >= 15 is 0 Å². The summed E-state index contributed by atoms with van der Waals surface area (Å²) < 4.78 is 67.6. The molecule has 1 aliphatic carbocycles. The van der Waals surface area contributed by atoms with Crippen molar-refractivity contribution >= 4 is 32.6 Å². The summed E-state index contributed by atoms with van der Waals surface area (Å²) in [4.78, 5) is 14.3. The number of aliphatic hydroxyl groups is 1. The van der Waals surface area contributed by atoms with E-state index < -0.39 is 53.7 Å². The van der Waals surface area contributed by atoms with E-state index in [0.717, 1.165) is 15.4 Å². The first kappa shape index (κ1) is 25.5. The van der Waals surface area contributed by atoms with Crippen LogP contribution in [0.3, 0.4) is 0 Å². The third kappa shape index (κ3) is 5.34. The molecule has 4 rings (SSSR count). The lowest BCUT2D eigenvalue weighted by Gasteiger charge is -2.61. The molecule has 1 aromatic carbocycles. The maximum atomic E-state index is 12.4. The smallest absolute Gasteiger partial charge is 0.414 e. The molecule has 1 saturated carbocycles. The molecule has 1 spiro atoms. The van der Waals surface area contributed by atoms with Crippen LogP contribution in [-0.4, -0.2) is 78.9 Å². The van der Waals surface area contributed by atoms with Gasteiger partial charge in [-0.1, -0.05) is 0 Å². The summed E-state index contributed by atoms with van der Waals surface area (Å²) in [6.45, 7) is 0.690. The summed E-state index contributed by atoms with van der Waals surface area (Å²) in [5.41, 5.74) is 1.43. The van der Waals surface area contributed by atoms with Gasteiger partial charge >= 0.3 is 6.18 Å². The highest BCUT2D eigenvalue weighted by atomic mass is 32.2. The molecule has 3 N–H and O–H groups in total. The Labute approximate surface area is 200 Å². The van der Waals surface area contributed by atoms with Crippen molar-refractivity contribution in [1.82, 2.24) is 14.5 Å². The van der Waals surface area contributed by atoms with Gasteiger partial charge in [0.15, 0.2) is 0 Å². The number of rotatable bonds is 9. The number of anilines is 1. The van der Waals surface area contributed by atoms with Crippen LogP contribution >= 0.6 is 0 Å². The highest BCUT2D eigenvalue weighted by Crippen LogP contribution is 2.52. The first-order chi connectivity index (χ1) is 16.3. The molecule has 2 aliphatic rings. The Morgan fingerprint density at radius 1 is 1.37 bits per heavy atom. The number of carbonyl (C=O) groups excluding carboxylic acids is 1. The summed E-state index contributed by atoms with van der Waals surface area (Å²) in [5, 5.41) is 23.5. The Morgan fingerprint density at radius 3 is 2.66 bits per heavy atom. The molecule has 0 radical (unpaired) electrons. The first-order valence-corrected chi connectivity index (χ1v) is 12.4. The van der Waals surface area contributed by atoms with Gasteiger partial charge in [0.2, 0.25) is 0 Å². The summed E-state index contributed by atoms with van der Waals surface area (Å²) >= 11 is 0. The van der Waals surface area contributed by atoms with Crippen LogP contribution in [0.2, 0.25) is 0 Å². The molecule has 1 aliphatic heterocycles. The molecule has 1 unspecified atom stereocenters. The predicted octanol–water partition coefficient (Wildman–Crippen LogP) is 1.39. The number of fused-ring (bicyclic) bond motifs is 1. The standard InChI is InChI=1S/C21H26F3N5O5S/c1-34-15-3-4-16-17(6-15)27-26-9-18(16)28-11-20(12-28)7-13(8-20)29(35(25,32)33)10-14(30)2-5-19(31)21(22,23)24/h3-4,6,9,13,19,31H,2,5,7-8,10-12H2,1H3,(H2,25,32,33). The number of Topliss-reactive ketones (excluding diaryl/α,β-unsaturated/α-hetero) is 1. The van der Waals surface area contributed by atoms with Gasteiger partial charge in [0.05, 0.1) is 31.1 Å². The summed E-state index contributed by atoms with van der Waals surface area (Å²) in [6, 6.07) is 5.00. The first-order valence-electron chi connectivity index (χ1n) is 10.9. The monoisotopic (exact) mass is 517 g/mol. The van der Waals surface area contributed by atoms with Crippen LogP contribution in [0.15, 0.2) is 24.4 Å². The van der Waals surface area contributed by atoms with Crippen molar-refractivity contribution in [3.8, 4) is 5.75 Å². The highest BCUT2D eigenvalue weighted by Gasteiger charge is 2.55. The van der Waals surface area contributed by atoms with Crippen LogP contribution in [0.4, 0.5) is 18.9 Å². The van der Waals surface area contributed by atoms with Crippen molar-refractivity contribution in [1.29, 1.82) is 0 Å². The van der Waals surface area contributed by atoms with E-state index in [0.29, 0.717) is 37.2 Å². The third-order valence-electron chi connectivity index (χ3n) is 6.70. The van der Waals surface area contributed by atoms with Gasteiger partial charge in [-0.2, -0.15) is 36.1 Å². The largest absolute Gasteiger partial charge is 0.497 e. The lowest BCUT2D eigenvalue weighted by molar-refractivity contribution is -0.205. The maximum absolute atomic E-state index is 12.4. The lowest BCUT2D eigenvalue weighted by atomic mass is 9.60. The summed E-state index contributed by atoms with van der Waals surface area (Å²) in [6.07, 6.45) is -6.29. The van der Waals surface area contributed by atoms with Gasteiger partial charge < -0.3 is 14.7 Å². The van der Waals surface area contributed by atoms with Crippen molar-refractivity contribution in [2.24, 2.45) is 10.6 Å². The zero-order chi connectivity index (χ0) is 25.6. The Morgan fingerprint density at radius 2 is 2.06 bits per heavy atom. The van der Waals surface area contributed by atoms with E-state index in [4.69, 9.17) is 15.0 Å². The second-order valence-electron chi connectivity index (χ2n) is 9.26. The number of nitrogens with two attached hydrogens (primary N) is 1. The zero-order valence-electron chi connectivity index (χ0n) is 18.9. The van der Waals surface area contributed by atoms with Crippen LogP contribution in [0, 0.1) is 5.41 Å². The quantitative estimate of drug-likeness (QED) is 0.509. The average molecular weight is 518 g/mol. The molecular formula is C21H26F3N5O5S. The molecule has 1 saturated heterocycles. The minimum absolute atomic E-state index is 0.148.